The number of rotatable bonds is 3. The van der Waals surface area contributed by atoms with E-state index in [1.165, 1.54) is 4.68 Å². The van der Waals surface area contributed by atoms with E-state index in [1.54, 1.807) is 0 Å². The molecule has 0 aliphatic carbocycles. The molecule has 22 heavy (non-hydrogen) atoms. The first-order valence-electron chi connectivity index (χ1n) is 6.80. The van der Waals surface area contributed by atoms with Gasteiger partial charge in [0.2, 0.25) is 5.89 Å². The first-order valence-corrected chi connectivity index (χ1v) is 7.21. The Balaban J connectivity index is 1.93. The van der Waals surface area contributed by atoms with Crippen LogP contribution in [0.5, 0.6) is 0 Å². The van der Waals surface area contributed by atoms with E-state index in [0.717, 1.165) is 11.1 Å². The smallest absolute Gasteiger partial charge is 0.289 e. The Hall–Kier alpha value is -1.58. The molecular formula is C14H16N2O5S. The highest BCUT2D eigenvalue weighted by atomic mass is 32.1. The summed E-state index contributed by atoms with van der Waals surface area (Å²) in [5, 5.41) is 33.1. The molecule has 3 N–H and O–H groups in total. The van der Waals surface area contributed by atoms with E-state index in [-0.39, 0.29) is 4.84 Å². The Morgan fingerprint density at radius 2 is 1.91 bits per heavy atom. The first-order chi connectivity index (χ1) is 10.5. The molecule has 0 spiro atoms. The minimum absolute atomic E-state index is 0.0189. The molecule has 1 aliphatic heterocycles. The van der Waals surface area contributed by atoms with Crippen LogP contribution >= 0.6 is 12.2 Å². The zero-order valence-electron chi connectivity index (χ0n) is 11.8. The number of aliphatic hydroxyl groups excluding tert-OH is 3. The van der Waals surface area contributed by atoms with Crippen molar-refractivity contribution in [2.45, 2.75) is 31.5 Å². The van der Waals surface area contributed by atoms with Gasteiger partial charge >= 0.3 is 0 Å². The van der Waals surface area contributed by atoms with Crippen LogP contribution in [0.3, 0.4) is 0 Å². The van der Waals surface area contributed by atoms with Gasteiger partial charge in [-0.25, -0.2) is 0 Å². The van der Waals surface area contributed by atoms with E-state index in [1.807, 2.05) is 31.2 Å². The van der Waals surface area contributed by atoms with E-state index in [2.05, 4.69) is 5.10 Å². The molecular weight excluding hydrogens is 308 g/mol. The second-order valence-corrected chi connectivity index (χ2v) is 5.56. The number of aryl methyl sites for hydroxylation is 1. The van der Waals surface area contributed by atoms with Crippen molar-refractivity contribution in [3.8, 4) is 11.5 Å². The molecule has 2 aromatic rings. The maximum Gasteiger partial charge on any atom is 0.289 e. The SMILES string of the molecule is Cc1ccc(-c2nn([C@@H]3O[C@@H](CO)[C@@H](O)[C@@H]3O)c(=S)o2)cc1. The lowest BCUT2D eigenvalue weighted by atomic mass is 10.1. The summed E-state index contributed by atoms with van der Waals surface area (Å²) >= 11 is 5.10. The van der Waals surface area contributed by atoms with Gasteiger partial charge < -0.3 is 24.5 Å². The predicted molar refractivity (Wildman–Crippen MR) is 78.5 cm³/mol. The normalized spacial score (nSPS) is 28.2. The van der Waals surface area contributed by atoms with Crippen LogP contribution < -0.4 is 0 Å². The Kier molecular flexibility index (Phi) is 4.11. The lowest BCUT2D eigenvalue weighted by Crippen LogP contribution is -2.33. The van der Waals surface area contributed by atoms with Gasteiger partial charge in [-0.2, -0.15) is 4.68 Å². The van der Waals surface area contributed by atoms with Crippen LogP contribution in [0.1, 0.15) is 11.8 Å². The number of hydrogen-bond acceptors (Lipinski definition) is 7. The Labute approximate surface area is 131 Å². The van der Waals surface area contributed by atoms with Crippen molar-refractivity contribution in [3.63, 3.8) is 0 Å². The van der Waals surface area contributed by atoms with E-state index >= 15 is 0 Å². The highest BCUT2D eigenvalue weighted by Gasteiger charge is 2.44. The van der Waals surface area contributed by atoms with Crippen LogP contribution in [0.25, 0.3) is 11.5 Å². The standard InChI is InChI=1S/C14H16N2O5S/c1-7-2-4-8(5-3-7)12-15-16(14(22)21-12)13-11(19)10(18)9(6-17)20-13/h2-5,9-11,13,17-19H,6H2,1H3/t9-,10+,11-,13+/m0/s1. The minimum atomic E-state index is -1.25. The fraction of sp³-hybridized carbons (Fsp3) is 0.429. The summed E-state index contributed by atoms with van der Waals surface area (Å²) in [5.41, 5.74) is 1.84. The second kappa shape index (κ2) is 5.90. The molecule has 8 heteroatoms. The molecule has 0 unspecified atom stereocenters. The van der Waals surface area contributed by atoms with Gasteiger partial charge in [-0.1, -0.05) is 17.7 Å². The number of aliphatic hydroxyl groups is 3. The van der Waals surface area contributed by atoms with Crippen LogP contribution in [0.4, 0.5) is 0 Å². The highest BCUT2D eigenvalue weighted by Crippen LogP contribution is 2.30. The number of hydrogen-bond donors (Lipinski definition) is 3. The third-order valence-electron chi connectivity index (χ3n) is 3.63. The molecule has 1 aromatic carbocycles. The third kappa shape index (κ3) is 2.59. The average Bonchev–Trinajstić information content (AvgIpc) is 3.02. The molecule has 1 aliphatic rings. The molecule has 3 rings (SSSR count). The molecule has 0 bridgehead atoms. The maximum absolute atomic E-state index is 10.0. The predicted octanol–water partition coefficient (Wildman–Crippen LogP) is 0.793. The van der Waals surface area contributed by atoms with Crippen molar-refractivity contribution in [2.24, 2.45) is 0 Å². The Morgan fingerprint density at radius 1 is 1.23 bits per heavy atom. The summed E-state index contributed by atoms with van der Waals surface area (Å²) in [6.45, 7) is 1.56. The van der Waals surface area contributed by atoms with Crippen LogP contribution in [-0.2, 0) is 4.74 Å². The van der Waals surface area contributed by atoms with Crippen LogP contribution in [0.2, 0.25) is 0 Å². The summed E-state index contributed by atoms with van der Waals surface area (Å²) in [4.78, 5) is 0.0189. The highest BCUT2D eigenvalue weighted by molar-refractivity contribution is 7.71. The van der Waals surface area contributed by atoms with Crippen molar-refractivity contribution in [1.29, 1.82) is 0 Å². The average molecular weight is 324 g/mol. The monoisotopic (exact) mass is 324 g/mol. The zero-order valence-corrected chi connectivity index (χ0v) is 12.6. The summed E-state index contributed by atoms with van der Waals surface area (Å²) < 4.78 is 12.0. The van der Waals surface area contributed by atoms with Gasteiger partial charge in [0, 0.05) is 5.56 Å². The van der Waals surface area contributed by atoms with Gasteiger partial charge in [-0.15, -0.1) is 5.10 Å². The van der Waals surface area contributed by atoms with Crippen LogP contribution in [0, 0.1) is 11.8 Å². The first kappa shape index (κ1) is 15.3. The van der Waals surface area contributed by atoms with Crippen molar-refractivity contribution in [3.05, 3.63) is 34.7 Å². The summed E-state index contributed by atoms with van der Waals surface area (Å²) in [6, 6.07) is 7.52. The number of aromatic nitrogens is 2. The van der Waals surface area contributed by atoms with Gasteiger partial charge in [0.1, 0.15) is 18.3 Å². The molecule has 1 saturated heterocycles. The molecule has 2 heterocycles. The molecule has 7 nitrogen and oxygen atoms in total. The quantitative estimate of drug-likeness (QED) is 0.718. The number of benzene rings is 1. The van der Waals surface area contributed by atoms with Crippen molar-refractivity contribution < 1.29 is 24.5 Å². The number of ether oxygens (including phenoxy) is 1. The molecule has 118 valence electrons. The lowest BCUT2D eigenvalue weighted by molar-refractivity contribution is -0.0602. The third-order valence-corrected chi connectivity index (χ3v) is 3.90. The number of nitrogens with zero attached hydrogens (tertiary/aromatic N) is 2. The summed E-state index contributed by atoms with van der Waals surface area (Å²) in [7, 11) is 0. The van der Waals surface area contributed by atoms with Crippen LogP contribution in [-0.4, -0.2) is 50.0 Å². The lowest BCUT2D eigenvalue weighted by Gasteiger charge is -2.13. The summed E-state index contributed by atoms with van der Waals surface area (Å²) in [5.74, 6) is 0.294. The molecule has 1 aromatic heterocycles. The Morgan fingerprint density at radius 3 is 2.50 bits per heavy atom. The molecule has 4 atom stereocenters. The van der Waals surface area contributed by atoms with Crippen molar-refractivity contribution >= 4 is 12.2 Å². The maximum atomic E-state index is 10.0. The van der Waals surface area contributed by atoms with Gasteiger partial charge in [-0.3, -0.25) is 0 Å². The van der Waals surface area contributed by atoms with Gasteiger partial charge in [0.05, 0.1) is 6.61 Å². The molecule has 0 saturated carbocycles. The minimum Gasteiger partial charge on any atom is -0.409 e. The fourth-order valence-corrected chi connectivity index (χ4v) is 2.57. The van der Waals surface area contributed by atoms with Crippen molar-refractivity contribution in [1.82, 2.24) is 9.78 Å². The largest absolute Gasteiger partial charge is 0.409 e. The molecule has 0 radical (unpaired) electrons. The van der Waals surface area contributed by atoms with E-state index in [9.17, 15) is 10.2 Å². The van der Waals surface area contributed by atoms with E-state index < -0.39 is 31.1 Å². The van der Waals surface area contributed by atoms with Crippen molar-refractivity contribution in [2.75, 3.05) is 6.61 Å². The second-order valence-electron chi connectivity index (χ2n) is 5.21. The van der Waals surface area contributed by atoms with Gasteiger partial charge in [0.25, 0.3) is 4.84 Å². The van der Waals surface area contributed by atoms with E-state index in [4.69, 9.17) is 26.5 Å². The molecule has 0 amide bonds. The topological polar surface area (TPSA) is 101 Å². The van der Waals surface area contributed by atoms with Gasteiger partial charge in [0.15, 0.2) is 6.23 Å². The summed E-state index contributed by atoms with van der Waals surface area (Å²) in [6.07, 6.45) is -4.35. The van der Waals surface area contributed by atoms with Gasteiger partial charge in [-0.05, 0) is 31.3 Å². The molecule has 1 fully saturated rings. The van der Waals surface area contributed by atoms with Crippen LogP contribution in [0.15, 0.2) is 28.7 Å². The fourth-order valence-electron chi connectivity index (χ4n) is 2.34. The van der Waals surface area contributed by atoms with E-state index in [0.29, 0.717) is 5.89 Å². The Bertz CT molecular complexity index is 711. The zero-order chi connectivity index (χ0) is 15.9.